The Morgan fingerprint density at radius 1 is 1.18 bits per heavy atom. The molecule has 0 atom stereocenters. The van der Waals surface area contributed by atoms with Gasteiger partial charge in [0.1, 0.15) is 11.6 Å². The van der Waals surface area contributed by atoms with Crippen LogP contribution in [-0.4, -0.2) is 13.0 Å². The van der Waals surface area contributed by atoms with Gasteiger partial charge in [-0.1, -0.05) is 12.1 Å². The zero-order valence-corrected chi connectivity index (χ0v) is 12.7. The first-order valence-electron chi connectivity index (χ1n) is 6.76. The molecule has 2 aromatic carbocycles. The number of benzene rings is 2. The Morgan fingerprint density at radius 3 is 2.68 bits per heavy atom. The third-order valence-electron chi connectivity index (χ3n) is 3.31. The molecule has 0 radical (unpaired) electrons. The summed E-state index contributed by atoms with van der Waals surface area (Å²) in [6, 6.07) is 13.6. The third kappa shape index (κ3) is 3.09. The summed E-state index contributed by atoms with van der Waals surface area (Å²) in [7, 11) is 1.61. The van der Waals surface area contributed by atoms with Gasteiger partial charge < -0.3 is 10.1 Å². The van der Waals surface area contributed by atoms with Crippen LogP contribution in [0.4, 0.5) is 4.39 Å². The number of carbonyl (C=O) groups is 1. The highest BCUT2D eigenvalue weighted by molar-refractivity contribution is 7.20. The van der Waals surface area contributed by atoms with Crippen LogP contribution in [0.5, 0.6) is 5.75 Å². The van der Waals surface area contributed by atoms with E-state index in [0.29, 0.717) is 11.4 Å². The maximum atomic E-state index is 12.8. The van der Waals surface area contributed by atoms with Crippen molar-refractivity contribution in [1.29, 1.82) is 0 Å². The minimum Gasteiger partial charge on any atom is -0.497 e. The summed E-state index contributed by atoms with van der Waals surface area (Å²) in [5, 5.41) is 3.82. The van der Waals surface area contributed by atoms with Crippen LogP contribution in [0.25, 0.3) is 10.1 Å². The Kier molecular flexibility index (Phi) is 4.06. The minimum absolute atomic E-state index is 0.135. The molecule has 1 heterocycles. The normalized spacial score (nSPS) is 10.6. The van der Waals surface area contributed by atoms with E-state index in [4.69, 9.17) is 4.74 Å². The highest BCUT2D eigenvalue weighted by atomic mass is 32.1. The highest BCUT2D eigenvalue weighted by Gasteiger charge is 2.10. The molecule has 0 spiro atoms. The second-order valence-corrected chi connectivity index (χ2v) is 5.91. The first-order chi connectivity index (χ1) is 10.7. The van der Waals surface area contributed by atoms with Gasteiger partial charge in [-0.3, -0.25) is 4.79 Å². The van der Waals surface area contributed by atoms with Crippen molar-refractivity contribution in [2.45, 2.75) is 6.54 Å². The summed E-state index contributed by atoms with van der Waals surface area (Å²) in [6.45, 7) is 0.372. The van der Waals surface area contributed by atoms with E-state index in [2.05, 4.69) is 5.32 Å². The summed E-state index contributed by atoms with van der Waals surface area (Å²) in [6.07, 6.45) is 0. The fourth-order valence-electron chi connectivity index (χ4n) is 2.13. The molecule has 1 N–H and O–H groups in total. The number of ether oxygens (including phenoxy) is 1. The lowest BCUT2D eigenvalue weighted by Crippen LogP contribution is -2.21. The van der Waals surface area contributed by atoms with E-state index in [1.54, 1.807) is 19.2 Å². The van der Waals surface area contributed by atoms with Crippen molar-refractivity contribution >= 4 is 27.3 Å². The van der Waals surface area contributed by atoms with Crippen molar-refractivity contribution in [2.24, 2.45) is 0 Å². The van der Waals surface area contributed by atoms with Crippen LogP contribution in [0.15, 0.2) is 48.5 Å². The summed E-state index contributed by atoms with van der Waals surface area (Å²) in [5.41, 5.74) is 0.859. The number of nitrogens with one attached hydrogen (secondary N) is 1. The van der Waals surface area contributed by atoms with Crippen LogP contribution in [0.2, 0.25) is 0 Å². The fourth-order valence-corrected chi connectivity index (χ4v) is 3.09. The third-order valence-corrected chi connectivity index (χ3v) is 4.43. The largest absolute Gasteiger partial charge is 0.497 e. The van der Waals surface area contributed by atoms with Gasteiger partial charge in [0.25, 0.3) is 5.91 Å². The van der Waals surface area contributed by atoms with Gasteiger partial charge in [-0.25, -0.2) is 4.39 Å². The van der Waals surface area contributed by atoms with Crippen LogP contribution in [0.1, 0.15) is 15.2 Å². The molecule has 1 amide bonds. The standard InChI is InChI=1S/C17H14FNO2S/c1-21-14-6-7-15-12(8-14)9-16(22-15)17(20)19-10-11-2-4-13(18)5-3-11/h2-9H,10H2,1H3,(H,19,20). The van der Waals surface area contributed by atoms with Crippen LogP contribution in [0, 0.1) is 5.82 Å². The van der Waals surface area contributed by atoms with E-state index in [1.807, 2.05) is 24.3 Å². The number of methoxy groups -OCH3 is 1. The average Bonchev–Trinajstić information content (AvgIpc) is 2.97. The predicted octanol–water partition coefficient (Wildman–Crippen LogP) is 3.98. The Hall–Kier alpha value is -2.40. The number of rotatable bonds is 4. The molecule has 0 unspecified atom stereocenters. The van der Waals surface area contributed by atoms with Crippen molar-refractivity contribution in [3.05, 3.63) is 64.8 Å². The molecule has 3 nitrogen and oxygen atoms in total. The molecule has 5 heteroatoms. The monoisotopic (exact) mass is 315 g/mol. The second kappa shape index (κ2) is 6.15. The molecular formula is C17H14FNO2S. The molecule has 0 saturated carbocycles. The Bertz CT molecular complexity index is 811. The number of hydrogen-bond donors (Lipinski definition) is 1. The Balaban J connectivity index is 1.73. The van der Waals surface area contributed by atoms with Crippen LogP contribution >= 0.6 is 11.3 Å². The van der Waals surface area contributed by atoms with E-state index in [1.165, 1.54) is 23.5 Å². The minimum atomic E-state index is -0.284. The number of thiophene rings is 1. The topological polar surface area (TPSA) is 38.3 Å². The van der Waals surface area contributed by atoms with Crippen molar-refractivity contribution in [1.82, 2.24) is 5.32 Å². The molecule has 0 aliphatic rings. The molecular weight excluding hydrogens is 301 g/mol. The lowest BCUT2D eigenvalue weighted by atomic mass is 10.2. The lowest BCUT2D eigenvalue weighted by Gasteiger charge is -2.03. The second-order valence-electron chi connectivity index (χ2n) is 4.82. The highest BCUT2D eigenvalue weighted by Crippen LogP contribution is 2.28. The number of hydrogen-bond acceptors (Lipinski definition) is 3. The van der Waals surface area contributed by atoms with E-state index < -0.39 is 0 Å². The summed E-state index contributed by atoms with van der Waals surface area (Å²) < 4.78 is 19.0. The molecule has 0 aliphatic heterocycles. The molecule has 3 aromatic rings. The number of halogens is 1. The first kappa shape index (κ1) is 14.5. The fraction of sp³-hybridized carbons (Fsp3) is 0.118. The molecule has 112 valence electrons. The smallest absolute Gasteiger partial charge is 0.261 e. The predicted molar refractivity (Wildman–Crippen MR) is 85.9 cm³/mol. The van der Waals surface area contributed by atoms with Gasteiger partial charge in [0.2, 0.25) is 0 Å². The van der Waals surface area contributed by atoms with Gasteiger partial charge in [0, 0.05) is 11.2 Å². The van der Waals surface area contributed by atoms with Crippen molar-refractivity contribution in [3.8, 4) is 5.75 Å². The summed E-state index contributed by atoms with van der Waals surface area (Å²) >= 11 is 1.43. The molecule has 22 heavy (non-hydrogen) atoms. The van der Waals surface area contributed by atoms with Crippen LogP contribution < -0.4 is 10.1 Å². The van der Waals surface area contributed by atoms with Crippen LogP contribution in [-0.2, 0) is 6.54 Å². The lowest BCUT2D eigenvalue weighted by molar-refractivity contribution is 0.0955. The zero-order valence-electron chi connectivity index (χ0n) is 11.9. The molecule has 0 bridgehead atoms. The van der Waals surface area contributed by atoms with Gasteiger partial charge >= 0.3 is 0 Å². The van der Waals surface area contributed by atoms with E-state index in [0.717, 1.165) is 21.4 Å². The van der Waals surface area contributed by atoms with Crippen molar-refractivity contribution in [2.75, 3.05) is 7.11 Å². The number of fused-ring (bicyclic) bond motifs is 1. The number of amides is 1. The van der Waals surface area contributed by atoms with Gasteiger partial charge in [-0.2, -0.15) is 0 Å². The average molecular weight is 315 g/mol. The number of carbonyl (C=O) groups excluding carboxylic acids is 1. The maximum absolute atomic E-state index is 12.8. The molecule has 0 aliphatic carbocycles. The van der Waals surface area contributed by atoms with Gasteiger partial charge in [-0.15, -0.1) is 11.3 Å². The van der Waals surface area contributed by atoms with Crippen molar-refractivity contribution < 1.29 is 13.9 Å². The molecule has 3 rings (SSSR count). The van der Waals surface area contributed by atoms with E-state index >= 15 is 0 Å². The molecule has 1 aromatic heterocycles. The quantitative estimate of drug-likeness (QED) is 0.791. The van der Waals surface area contributed by atoms with E-state index in [-0.39, 0.29) is 11.7 Å². The van der Waals surface area contributed by atoms with E-state index in [9.17, 15) is 9.18 Å². The van der Waals surface area contributed by atoms with Gasteiger partial charge in [0.15, 0.2) is 0 Å². The SMILES string of the molecule is COc1ccc2sc(C(=O)NCc3ccc(F)cc3)cc2c1. The first-order valence-corrected chi connectivity index (χ1v) is 7.57. The zero-order chi connectivity index (χ0) is 15.5. The Morgan fingerprint density at radius 2 is 1.95 bits per heavy atom. The Labute approximate surface area is 131 Å². The van der Waals surface area contributed by atoms with Crippen LogP contribution in [0.3, 0.4) is 0 Å². The summed E-state index contributed by atoms with van der Waals surface area (Å²) in [4.78, 5) is 12.8. The summed E-state index contributed by atoms with van der Waals surface area (Å²) in [5.74, 6) is 0.349. The van der Waals surface area contributed by atoms with Crippen molar-refractivity contribution in [3.63, 3.8) is 0 Å². The molecule has 0 fully saturated rings. The van der Waals surface area contributed by atoms with Gasteiger partial charge in [0.05, 0.1) is 12.0 Å². The maximum Gasteiger partial charge on any atom is 0.261 e. The van der Waals surface area contributed by atoms with Gasteiger partial charge in [-0.05, 0) is 47.3 Å². The molecule has 0 saturated heterocycles.